The van der Waals surface area contributed by atoms with E-state index in [1.54, 1.807) is 0 Å². The Morgan fingerprint density at radius 3 is 3.06 bits per heavy atom. The Labute approximate surface area is 96.8 Å². The first-order chi connectivity index (χ1) is 7.61. The van der Waals surface area contributed by atoms with Gasteiger partial charge in [-0.1, -0.05) is 0 Å². The summed E-state index contributed by atoms with van der Waals surface area (Å²) >= 11 is 0. The van der Waals surface area contributed by atoms with E-state index in [1.807, 2.05) is 13.1 Å². The molecule has 2 N–H and O–H groups in total. The van der Waals surface area contributed by atoms with Gasteiger partial charge in [-0.2, -0.15) is 5.10 Å². The Morgan fingerprint density at radius 1 is 1.69 bits per heavy atom. The SMILES string of the molecule is Cc1[nH]ncc1C(C)NCC1(C)CCCO1. The third kappa shape index (κ3) is 2.44. The molecule has 4 heteroatoms. The second kappa shape index (κ2) is 4.55. The van der Waals surface area contributed by atoms with Crippen molar-refractivity contribution in [3.05, 3.63) is 17.5 Å². The highest BCUT2D eigenvalue weighted by molar-refractivity contribution is 5.18. The Balaban J connectivity index is 1.88. The highest BCUT2D eigenvalue weighted by Gasteiger charge is 2.29. The van der Waals surface area contributed by atoms with Crippen molar-refractivity contribution < 1.29 is 4.74 Å². The number of aromatic nitrogens is 2. The van der Waals surface area contributed by atoms with Crippen molar-refractivity contribution >= 4 is 0 Å². The molecule has 0 saturated carbocycles. The Morgan fingerprint density at radius 2 is 2.50 bits per heavy atom. The van der Waals surface area contributed by atoms with Crippen LogP contribution >= 0.6 is 0 Å². The van der Waals surface area contributed by atoms with Gasteiger partial charge in [0.2, 0.25) is 0 Å². The largest absolute Gasteiger partial charge is 0.374 e. The highest BCUT2D eigenvalue weighted by atomic mass is 16.5. The molecule has 1 fully saturated rings. The molecule has 16 heavy (non-hydrogen) atoms. The van der Waals surface area contributed by atoms with Gasteiger partial charge in [0.15, 0.2) is 0 Å². The molecule has 90 valence electrons. The van der Waals surface area contributed by atoms with E-state index in [2.05, 4.69) is 29.4 Å². The Kier molecular flexibility index (Phi) is 3.30. The lowest BCUT2D eigenvalue weighted by molar-refractivity contribution is 0.0191. The number of aryl methyl sites for hydroxylation is 1. The predicted octanol–water partition coefficient (Wildman–Crippen LogP) is 1.94. The fourth-order valence-corrected chi connectivity index (χ4v) is 2.25. The molecular formula is C12H21N3O. The quantitative estimate of drug-likeness (QED) is 0.820. The molecule has 0 spiro atoms. The normalized spacial score (nSPS) is 27.2. The molecule has 1 aromatic rings. The summed E-state index contributed by atoms with van der Waals surface area (Å²) in [5.74, 6) is 0. The minimum absolute atomic E-state index is 0.0197. The summed E-state index contributed by atoms with van der Waals surface area (Å²) in [6, 6.07) is 0.319. The summed E-state index contributed by atoms with van der Waals surface area (Å²) in [5.41, 5.74) is 2.39. The zero-order valence-electron chi connectivity index (χ0n) is 10.3. The van der Waals surface area contributed by atoms with E-state index < -0.39 is 0 Å². The first kappa shape index (κ1) is 11.6. The van der Waals surface area contributed by atoms with E-state index in [0.29, 0.717) is 6.04 Å². The number of aromatic amines is 1. The summed E-state index contributed by atoms with van der Waals surface area (Å²) in [4.78, 5) is 0. The molecule has 1 aliphatic rings. The lowest BCUT2D eigenvalue weighted by atomic mass is 10.0. The van der Waals surface area contributed by atoms with Gasteiger partial charge in [0.1, 0.15) is 0 Å². The van der Waals surface area contributed by atoms with Crippen LogP contribution < -0.4 is 5.32 Å². The second-order valence-electron chi connectivity index (χ2n) is 4.95. The Hall–Kier alpha value is -0.870. The Bertz CT molecular complexity index is 342. The number of hydrogen-bond donors (Lipinski definition) is 2. The lowest BCUT2D eigenvalue weighted by Crippen LogP contribution is -2.38. The number of hydrogen-bond acceptors (Lipinski definition) is 3. The molecule has 2 rings (SSSR count). The van der Waals surface area contributed by atoms with Crippen LogP contribution in [-0.2, 0) is 4.74 Å². The van der Waals surface area contributed by atoms with Crippen molar-refractivity contribution in [2.75, 3.05) is 13.2 Å². The molecule has 1 saturated heterocycles. The molecule has 0 aliphatic carbocycles. The fourth-order valence-electron chi connectivity index (χ4n) is 2.25. The average Bonchev–Trinajstić information content (AvgIpc) is 2.85. The zero-order valence-corrected chi connectivity index (χ0v) is 10.3. The van der Waals surface area contributed by atoms with E-state index in [-0.39, 0.29) is 5.60 Å². The van der Waals surface area contributed by atoms with Crippen LogP contribution in [0.4, 0.5) is 0 Å². The lowest BCUT2D eigenvalue weighted by Gasteiger charge is -2.25. The van der Waals surface area contributed by atoms with Gasteiger partial charge in [-0.3, -0.25) is 5.10 Å². The molecule has 2 heterocycles. The van der Waals surface area contributed by atoms with Gasteiger partial charge in [0.25, 0.3) is 0 Å². The molecule has 0 aromatic carbocycles. The zero-order chi connectivity index (χ0) is 11.6. The summed E-state index contributed by atoms with van der Waals surface area (Å²) in [6.45, 7) is 8.20. The maximum atomic E-state index is 5.75. The van der Waals surface area contributed by atoms with Crippen molar-refractivity contribution in [1.29, 1.82) is 0 Å². The van der Waals surface area contributed by atoms with Gasteiger partial charge in [0, 0.05) is 30.5 Å². The minimum Gasteiger partial charge on any atom is -0.374 e. The molecule has 2 atom stereocenters. The van der Waals surface area contributed by atoms with Crippen molar-refractivity contribution in [3.8, 4) is 0 Å². The molecule has 2 unspecified atom stereocenters. The van der Waals surface area contributed by atoms with E-state index >= 15 is 0 Å². The fraction of sp³-hybridized carbons (Fsp3) is 0.750. The van der Waals surface area contributed by atoms with Crippen LogP contribution in [0.5, 0.6) is 0 Å². The summed E-state index contributed by atoms with van der Waals surface area (Å²) in [7, 11) is 0. The van der Waals surface area contributed by atoms with E-state index in [1.165, 1.54) is 12.0 Å². The topological polar surface area (TPSA) is 49.9 Å². The maximum Gasteiger partial charge on any atom is 0.0779 e. The number of ether oxygens (including phenoxy) is 1. The molecule has 1 aromatic heterocycles. The van der Waals surface area contributed by atoms with Crippen LogP contribution in [0, 0.1) is 6.92 Å². The molecule has 0 bridgehead atoms. The smallest absolute Gasteiger partial charge is 0.0779 e. The standard InChI is InChI=1S/C12H21N3O/c1-9(11-7-14-15-10(11)2)13-8-12(3)5-4-6-16-12/h7,9,13H,4-6,8H2,1-3H3,(H,14,15). The van der Waals surface area contributed by atoms with Crippen molar-refractivity contribution in [1.82, 2.24) is 15.5 Å². The van der Waals surface area contributed by atoms with Crippen LogP contribution in [0.3, 0.4) is 0 Å². The number of rotatable bonds is 4. The molecular weight excluding hydrogens is 202 g/mol. The van der Waals surface area contributed by atoms with Crippen LogP contribution in [-0.4, -0.2) is 29.0 Å². The van der Waals surface area contributed by atoms with Crippen LogP contribution in [0.15, 0.2) is 6.20 Å². The average molecular weight is 223 g/mol. The van der Waals surface area contributed by atoms with Crippen molar-refractivity contribution in [2.45, 2.75) is 45.3 Å². The minimum atomic E-state index is 0.0197. The van der Waals surface area contributed by atoms with Crippen LogP contribution in [0.25, 0.3) is 0 Å². The van der Waals surface area contributed by atoms with Crippen LogP contribution in [0.2, 0.25) is 0 Å². The monoisotopic (exact) mass is 223 g/mol. The highest BCUT2D eigenvalue weighted by Crippen LogP contribution is 2.25. The first-order valence-corrected chi connectivity index (χ1v) is 5.98. The van der Waals surface area contributed by atoms with E-state index in [9.17, 15) is 0 Å². The number of H-pyrrole nitrogens is 1. The maximum absolute atomic E-state index is 5.75. The van der Waals surface area contributed by atoms with Gasteiger partial charge in [-0.15, -0.1) is 0 Å². The predicted molar refractivity (Wildman–Crippen MR) is 63.3 cm³/mol. The first-order valence-electron chi connectivity index (χ1n) is 5.98. The number of nitrogens with zero attached hydrogens (tertiary/aromatic N) is 1. The van der Waals surface area contributed by atoms with Gasteiger partial charge in [-0.25, -0.2) is 0 Å². The third-order valence-corrected chi connectivity index (χ3v) is 3.42. The van der Waals surface area contributed by atoms with E-state index in [0.717, 1.165) is 25.3 Å². The van der Waals surface area contributed by atoms with Crippen molar-refractivity contribution in [2.24, 2.45) is 0 Å². The van der Waals surface area contributed by atoms with Crippen LogP contribution in [0.1, 0.15) is 44.0 Å². The second-order valence-corrected chi connectivity index (χ2v) is 4.95. The van der Waals surface area contributed by atoms with E-state index in [4.69, 9.17) is 4.74 Å². The summed E-state index contributed by atoms with van der Waals surface area (Å²) in [5, 5.41) is 10.5. The molecule has 0 radical (unpaired) electrons. The molecule has 1 aliphatic heterocycles. The summed E-state index contributed by atoms with van der Waals surface area (Å²) < 4.78 is 5.75. The van der Waals surface area contributed by atoms with Gasteiger partial charge in [0.05, 0.1) is 11.8 Å². The van der Waals surface area contributed by atoms with Gasteiger partial charge in [-0.05, 0) is 33.6 Å². The third-order valence-electron chi connectivity index (χ3n) is 3.42. The van der Waals surface area contributed by atoms with Gasteiger partial charge < -0.3 is 10.1 Å². The molecule has 4 nitrogen and oxygen atoms in total. The summed E-state index contributed by atoms with van der Waals surface area (Å²) in [6.07, 6.45) is 4.22. The van der Waals surface area contributed by atoms with Gasteiger partial charge >= 0.3 is 0 Å². The molecule has 0 amide bonds. The number of nitrogens with one attached hydrogen (secondary N) is 2. The van der Waals surface area contributed by atoms with Crippen molar-refractivity contribution in [3.63, 3.8) is 0 Å².